The summed E-state index contributed by atoms with van der Waals surface area (Å²) in [6.07, 6.45) is 0.827. The van der Waals surface area contributed by atoms with Crippen LogP contribution in [0.25, 0.3) is 0 Å². The number of nitrogens with zero attached hydrogens (tertiary/aromatic N) is 1. The normalized spacial score (nSPS) is 12.3. The van der Waals surface area contributed by atoms with Gasteiger partial charge in [0.25, 0.3) is 5.91 Å². The van der Waals surface area contributed by atoms with E-state index in [9.17, 15) is 14.4 Å². The molecule has 0 fully saturated rings. The Hall–Kier alpha value is -3.30. The van der Waals surface area contributed by atoms with Gasteiger partial charge >= 0.3 is 0 Å². The number of halogens is 2. The predicted molar refractivity (Wildman–Crippen MR) is 129 cm³/mol. The molecule has 0 aliphatic heterocycles. The number of guanidine groups is 1. The van der Waals surface area contributed by atoms with Crippen molar-refractivity contribution in [1.29, 1.82) is 0 Å². The summed E-state index contributed by atoms with van der Waals surface area (Å²) in [6.45, 7) is 0.262. The van der Waals surface area contributed by atoms with E-state index in [1.165, 1.54) is 18.2 Å². The number of rotatable bonds is 11. The molecule has 0 aromatic heterocycles. The molecule has 2 atom stereocenters. The Morgan fingerprint density at radius 1 is 0.909 bits per heavy atom. The molecule has 0 aliphatic carbocycles. The zero-order valence-corrected chi connectivity index (χ0v) is 19.3. The maximum absolute atomic E-state index is 13.0. The van der Waals surface area contributed by atoms with E-state index in [1.54, 1.807) is 0 Å². The van der Waals surface area contributed by atoms with Crippen LogP contribution < -0.4 is 27.8 Å². The third-order valence-corrected chi connectivity index (χ3v) is 5.43. The largest absolute Gasteiger partial charge is 0.370 e. The molecular formula is C22H26Cl2N6O3. The fraction of sp³-hybridized carbons (Fsp3) is 0.273. The topological polar surface area (TPSA) is 166 Å². The third kappa shape index (κ3) is 8.63. The summed E-state index contributed by atoms with van der Waals surface area (Å²) in [7, 11) is 0. The monoisotopic (exact) mass is 492 g/mol. The minimum Gasteiger partial charge on any atom is -0.370 e. The molecule has 0 saturated carbocycles. The zero-order chi connectivity index (χ0) is 24.4. The van der Waals surface area contributed by atoms with Crippen molar-refractivity contribution >= 4 is 46.9 Å². The van der Waals surface area contributed by atoms with Crippen molar-refractivity contribution in [3.63, 3.8) is 0 Å². The number of carbonyl (C=O) groups excluding carboxylic acids is 3. The van der Waals surface area contributed by atoms with E-state index in [1.807, 2.05) is 30.3 Å². The lowest BCUT2D eigenvalue weighted by atomic mass is 10.0. The van der Waals surface area contributed by atoms with Gasteiger partial charge in [0.2, 0.25) is 11.8 Å². The van der Waals surface area contributed by atoms with Gasteiger partial charge in [0.1, 0.15) is 12.1 Å². The Bertz CT molecular complexity index is 1010. The van der Waals surface area contributed by atoms with E-state index in [0.29, 0.717) is 11.4 Å². The highest BCUT2D eigenvalue weighted by Crippen LogP contribution is 2.22. The van der Waals surface area contributed by atoms with E-state index < -0.39 is 29.8 Å². The minimum absolute atomic E-state index is 0.0764. The van der Waals surface area contributed by atoms with Crippen LogP contribution in [0, 0.1) is 0 Å². The van der Waals surface area contributed by atoms with Crippen LogP contribution in [0.2, 0.25) is 10.0 Å². The molecule has 0 heterocycles. The van der Waals surface area contributed by atoms with Gasteiger partial charge in [-0.25, -0.2) is 0 Å². The van der Waals surface area contributed by atoms with Crippen LogP contribution in [-0.2, 0) is 16.0 Å². The van der Waals surface area contributed by atoms with Gasteiger partial charge in [0.15, 0.2) is 5.96 Å². The zero-order valence-electron chi connectivity index (χ0n) is 17.8. The van der Waals surface area contributed by atoms with Gasteiger partial charge in [-0.15, -0.1) is 0 Å². The smallest absolute Gasteiger partial charge is 0.251 e. The van der Waals surface area contributed by atoms with Crippen molar-refractivity contribution in [3.05, 3.63) is 69.7 Å². The second kappa shape index (κ2) is 12.7. The molecule has 0 radical (unpaired) electrons. The molecule has 8 N–H and O–H groups in total. The molecule has 2 aromatic rings. The van der Waals surface area contributed by atoms with Crippen molar-refractivity contribution in [2.24, 2.45) is 22.2 Å². The summed E-state index contributed by atoms with van der Waals surface area (Å²) in [6, 6.07) is 11.6. The molecule has 0 spiro atoms. The average Bonchev–Trinajstić information content (AvgIpc) is 2.77. The third-order valence-electron chi connectivity index (χ3n) is 4.69. The number of benzene rings is 2. The fourth-order valence-electron chi connectivity index (χ4n) is 3.00. The number of aliphatic imine (C=N–C) groups is 1. The number of nitrogens with two attached hydrogens (primary N) is 3. The fourth-order valence-corrected chi connectivity index (χ4v) is 3.29. The molecule has 2 rings (SSSR count). The molecule has 2 aromatic carbocycles. The summed E-state index contributed by atoms with van der Waals surface area (Å²) >= 11 is 11.9. The number of hydrogen-bond acceptors (Lipinski definition) is 4. The quantitative estimate of drug-likeness (QED) is 0.181. The highest BCUT2D eigenvalue weighted by atomic mass is 35.5. The van der Waals surface area contributed by atoms with Crippen molar-refractivity contribution in [1.82, 2.24) is 10.6 Å². The maximum Gasteiger partial charge on any atom is 0.251 e. The van der Waals surface area contributed by atoms with Crippen molar-refractivity contribution in [2.45, 2.75) is 31.3 Å². The number of carbonyl (C=O) groups is 3. The summed E-state index contributed by atoms with van der Waals surface area (Å²) in [4.78, 5) is 41.6. The van der Waals surface area contributed by atoms with Gasteiger partial charge in [0.05, 0.1) is 10.0 Å². The van der Waals surface area contributed by atoms with Gasteiger partial charge in [-0.3, -0.25) is 19.4 Å². The van der Waals surface area contributed by atoms with Crippen LogP contribution in [0.1, 0.15) is 28.8 Å². The molecule has 0 aliphatic rings. The summed E-state index contributed by atoms with van der Waals surface area (Å²) < 4.78 is 0. The first-order chi connectivity index (χ1) is 15.7. The van der Waals surface area contributed by atoms with E-state index in [-0.39, 0.29) is 35.9 Å². The van der Waals surface area contributed by atoms with Crippen molar-refractivity contribution in [3.8, 4) is 0 Å². The molecule has 11 heteroatoms. The van der Waals surface area contributed by atoms with Crippen LogP contribution in [0.4, 0.5) is 0 Å². The Morgan fingerprint density at radius 3 is 2.21 bits per heavy atom. The standard InChI is InChI=1S/C22H26Cl2N6O3/c23-15-9-8-14(12-16(15)24)20(32)29-17(7-4-10-28-22(26)27)21(33)30-18(19(25)31)11-13-5-2-1-3-6-13/h1-3,5-6,8-9,12,17-18H,4,7,10-11H2,(H2,25,31)(H,29,32)(H,30,33)(H4,26,27,28)/t17-,18+/m0/s1. The molecule has 0 saturated heterocycles. The van der Waals surface area contributed by atoms with E-state index in [0.717, 1.165) is 5.56 Å². The first kappa shape index (κ1) is 26.0. The number of hydrogen-bond donors (Lipinski definition) is 5. The molecule has 9 nitrogen and oxygen atoms in total. The van der Waals surface area contributed by atoms with Crippen molar-refractivity contribution < 1.29 is 14.4 Å². The summed E-state index contributed by atoms with van der Waals surface area (Å²) in [5, 5.41) is 5.79. The predicted octanol–water partition coefficient (Wildman–Crippen LogP) is 1.36. The van der Waals surface area contributed by atoms with Crippen LogP contribution in [0.15, 0.2) is 53.5 Å². The van der Waals surface area contributed by atoms with Gasteiger partial charge in [-0.1, -0.05) is 53.5 Å². The lowest BCUT2D eigenvalue weighted by Crippen LogP contribution is -2.53. The molecule has 0 unspecified atom stereocenters. The highest BCUT2D eigenvalue weighted by Gasteiger charge is 2.26. The first-order valence-corrected chi connectivity index (χ1v) is 10.9. The lowest BCUT2D eigenvalue weighted by Gasteiger charge is -2.22. The van der Waals surface area contributed by atoms with Gasteiger partial charge in [-0.2, -0.15) is 0 Å². The molecule has 3 amide bonds. The Morgan fingerprint density at radius 2 is 1.61 bits per heavy atom. The highest BCUT2D eigenvalue weighted by molar-refractivity contribution is 6.42. The van der Waals surface area contributed by atoms with E-state index >= 15 is 0 Å². The van der Waals surface area contributed by atoms with Crippen molar-refractivity contribution in [2.75, 3.05) is 6.54 Å². The minimum atomic E-state index is -0.973. The Balaban J connectivity index is 2.14. The van der Waals surface area contributed by atoms with E-state index in [4.69, 9.17) is 40.4 Å². The molecule has 176 valence electrons. The summed E-state index contributed by atoms with van der Waals surface area (Å²) in [5.41, 5.74) is 17.2. The molecular weight excluding hydrogens is 467 g/mol. The average molecular weight is 493 g/mol. The maximum atomic E-state index is 13.0. The summed E-state index contributed by atoms with van der Waals surface area (Å²) in [5.74, 6) is -1.86. The number of primary amides is 1. The first-order valence-electron chi connectivity index (χ1n) is 10.1. The SMILES string of the molecule is NC(=O)[C@@H](Cc1ccccc1)NC(=O)[C@H](CCCN=C(N)N)NC(=O)c1ccc(Cl)c(Cl)c1. The molecule has 33 heavy (non-hydrogen) atoms. The second-order valence-corrected chi connectivity index (χ2v) is 8.07. The Labute approximate surface area is 201 Å². The van der Waals surface area contributed by atoms with Gasteiger partial charge < -0.3 is 27.8 Å². The Kier molecular flexibility index (Phi) is 9.96. The van der Waals surface area contributed by atoms with Crippen LogP contribution in [0.5, 0.6) is 0 Å². The van der Waals surface area contributed by atoms with Gasteiger partial charge in [-0.05, 0) is 36.6 Å². The van der Waals surface area contributed by atoms with Crippen LogP contribution in [-0.4, -0.2) is 42.3 Å². The molecule has 0 bridgehead atoms. The number of amides is 3. The van der Waals surface area contributed by atoms with Crippen LogP contribution >= 0.6 is 23.2 Å². The van der Waals surface area contributed by atoms with E-state index in [2.05, 4.69) is 15.6 Å². The van der Waals surface area contributed by atoms with Gasteiger partial charge in [0, 0.05) is 18.5 Å². The second-order valence-electron chi connectivity index (χ2n) is 7.26. The number of nitrogens with one attached hydrogen (secondary N) is 2. The van der Waals surface area contributed by atoms with Crippen LogP contribution in [0.3, 0.4) is 0 Å². The lowest BCUT2D eigenvalue weighted by molar-refractivity contribution is -0.128.